The number of hydrogen-bond acceptors (Lipinski definition) is 4. The monoisotopic (exact) mass is 404 g/mol. The molecule has 0 amide bonds. The molecule has 29 heavy (non-hydrogen) atoms. The molecule has 5 rings (SSSR count). The maximum atomic E-state index is 15.1. The van der Waals surface area contributed by atoms with Crippen LogP contribution >= 0.6 is 0 Å². The molecule has 2 N–H and O–H groups in total. The van der Waals surface area contributed by atoms with Crippen molar-refractivity contribution in [3.05, 3.63) is 33.9 Å². The van der Waals surface area contributed by atoms with E-state index in [9.17, 15) is 24.2 Å². The van der Waals surface area contributed by atoms with Crippen LogP contribution < -0.4 is 10.3 Å². The van der Waals surface area contributed by atoms with Crippen molar-refractivity contribution in [3.63, 3.8) is 0 Å². The minimum Gasteiger partial charge on any atom is -0.504 e. The molecule has 154 valence electrons. The van der Waals surface area contributed by atoms with Crippen LogP contribution in [0.2, 0.25) is 0 Å². The SMILES string of the molecule is CC1CC2CN(c3c(F)cc4c(=O)c(C(=O)O)cn([C@@H]5CC5F)c4c3O)CC2C1. The third-order valence-corrected chi connectivity index (χ3v) is 6.79. The lowest BCUT2D eigenvalue weighted by atomic mass is 10.0. The Kier molecular flexibility index (Phi) is 3.92. The standard InChI is InChI=1S/C21H22F2N2O4/c1-9-2-10-6-24(7-11(10)3-9)18-15(23)4-12-17(20(18)27)25(16-5-14(16)22)8-13(19(12)26)21(28)29/h4,8-11,14,16,27H,2-3,5-7H2,1H3,(H,28,29)/t9?,10?,11?,14?,16-/m1/s1. The summed E-state index contributed by atoms with van der Waals surface area (Å²) in [6, 6.07) is 0.321. The van der Waals surface area contributed by atoms with E-state index in [4.69, 9.17) is 0 Å². The van der Waals surface area contributed by atoms with Gasteiger partial charge in [0.1, 0.15) is 17.4 Å². The smallest absolute Gasteiger partial charge is 0.341 e. The second-order valence-corrected chi connectivity index (χ2v) is 8.86. The molecule has 0 radical (unpaired) electrons. The van der Waals surface area contributed by atoms with Gasteiger partial charge in [-0.05, 0) is 36.7 Å². The highest BCUT2D eigenvalue weighted by atomic mass is 19.1. The summed E-state index contributed by atoms with van der Waals surface area (Å²) in [5, 5.41) is 20.1. The summed E-state index contributed by atoms with van der Waals surface area (Å²) in [6.45, 7) is 3.45. The molecular formula is C21H22F2N2O4. The second-order valence-electron chi connectivity index (χ2n) is 8.86. The van der Waals surface area contributed by atoms with Crippen molar-refractivity contribution in [2.45, 2.75) is 38.4 Å². The number of rotatable bonds is 3. The fourth-order valence-corrected chi connectivity index (χ4v) is 5.40. The lowest BCUT2D eigenvalue weighted by Gasteiger charge is -2.24. The van der Waals surface area contributed by atoms with Crippen LogP contribution in [0.4, 0.5) is 14.5 Å². The number of aromatic carboxylic acids is 1. The number of anilines is 1. The number of carboxylic acids is 1. The molecule has 8 heteroatoms. The van der Waals surface area contributed by atoms with E-state index in [1.165, 1.54) is 4.57 Å². The number of alkyl halides is 1. The molecule has 1 aliphatic heterocycles. The fraction of sp³-hybridized carbons (Fsp3) is 0.524. The molecule has 3 fully saturated rings. The van der Waals surface area contributed by atoms with E-state index < -0.39 is 40.7 Å². The van der Waals surface area contributed by atoms with Gasteiger partial charge in [0.25, 0.3) is 0 Å². The predicted octanol–water partition coefficient (Wildman–Crippen LogP) is 3.31. The number of benzene rings is 1. The summed E-state index contributed by atoms with van der Waals surface area (Å²) < 4.78 is 30.2. The van der Waals surface area contributed by atoms with Gasteiger partial charge >= 0.3 is 5.97 Å². The van der Waals surface area contributed by atoms with Crippen LogP contribution in [0.3, 0.4) is 0 Å². The number of phenolic OH excluding ortho intramolecular Hbond substituents is 1. The van der Waals surface area contributed by atoms with Gasteiger partial charge in [0.2, 0.25) is 5.43 Å². The van der Waals surface area contributed by atoms with Gasteiger partial charge in [0.05, 0.1) is 16.9 Å². The first-order chi connectivity index (χ1) is 13.8. The largest absolute Gasteiger partial charge is 0.504 e. The van der Waals surface area contributed by atoms with Gasteiger partial charge in [-0.1, -0.05) is 6.92 Å². The van der Waals surface area contributed by atoms with E-state index in [0.717, 1.165) is 25.1 Å². The Balaban J connectivity index is 1.69. The summed E-state index contributed by atoms with van der Waals surface area (Å²) in [7, 11) is 0. The van der Waals surface area contributed by atoms with Gasteiger partial charge in [-0.3, -0.25) is 4.79 Å². The van der Waals surface area contributed by atoms with Crippen LogP contribution in [0.5, 0.6) is 5.75 Å². The minimum absolute atomic E-state index is 0.00646. The summed E-state index contributed by atoms with van der Waals surface area (Å²) in [5.41, 5.74) is -1.42. The molecule has 2 aromatic rings. The number of hydrogen-bond donors (Lipinski definition) is 2. The second kappa shape index (κ2) is 6.18. The summed E-state index contributed by atoms with van der Waals surface area (Å²) >= 11 is 0. The lowest BCUT2D eigenvalue weighted by Crippen LogP contribution is -2.24. The van der Waals surface area contributed by atoms with Crippen LogP contribution in [0.1, 0.15) is 42.6 Å². The van der Waals surface area contributed by atoms with Crippen LogP contribution in [-0.2, 0) is 0 Å². The van der Waals surface area contributed by atoms with Crippen LogP contribution in [-0.4, -0.2) is 40.0 Å². The van der Waals surface area contributed by atoms with Crippen molar-refractivity contribution in [1.29, 1.82) is 0 Å². The van der Waals surface area contributed by atoms with Crippen LogP contribution in [0.15, 0.2) is 17.1 Å². The summed E-state index contributed by atoms with van der Waals surface area (Å²) in [6.07, 6.45) is 2.17. The topological polar surface area (TPSA) is 82.8 Å². The van der Waals surface area contributed by atoms with Gasteiger partial charge in [-0.15, -0.1) is 0 Å². The van der Waals surface area contributed by atoms with E-state index in [1.54, 1.807) is 0 Å². The third kappa shape index (κ3) is 2.72. The first kappa shape index (κ1) is 18.4. The quantitative estimate of drug-likeness (QED) is 0.820. The van der Waals surface area contributed by atoms with E-state index in [2.05, 4.69) is 6.92 Å². The average molecular weight is 404 g/mol. The van der Waals surface area contributed by atoms with Crippen molar-refractivity contribution in [2.24, 2.45) is 17.8 Å². The number of carbonyl (C=O) groups is 1. The molecule has 2 aliphatic carbocycles. The van der Waals surface area contributed by atoms with E-state index in [1.807, 2.05) is 4.90 Å². The van der Waals surface area contributed by atoms with Crippen molar-refractivity contribution in [3.8, 4) is 5.75 Å². The zero-order valence-electron chi connectivity index (χ0n) is 15.9. The maximum Gasteiger partial charge on any atom is 0.341 e. The molecular weight excluding hydrogens is 382 g/mol. The predicted molar refractivity (Wildman–Crippen MR) is 103 cm³/mol. The van der Waals surface area contributed by atoms with E-state index >= 15 is 4.39 Å². The first-order valence-corrected chi connectivity index (χ1v) is 9.98. The molecule has 4 atom stereocenters. The molecule has 3 unspecified atom stereocenters. The van der Waals surface area contributed by atoms with Crippen molar-refractivity contribution in [2.75, 3.05) is 18.0 Å². The molecule has 2 heterocycles. The Morgan fingerprint density at radius 2 is 1.83 bits per heavy atom. The zero-order chi connectivity index (χ0) is 20.6. The van der Waals surface area contributed by atoms with Crippen LogP contribution in [0, 0.1) is 23.6 Å². The van der Waals surface area contributed by atoms with Gasteiger partial charge in [-0.2, -0.15) is 0 Å². The number of nitrogens with zero attached hydrogens (tertiary/aromatic N) is 2. The number of pyridine rings is 1. The summed E-state index contributed by atoms with van der Waals surface area (Å²) in [4.78, 5) is 25.9. The molecule has 0 spiro atoms. The van der Waals surface area contributed by atoms with Gasteiger partial charge < -0.3 is 19.7 Å². The zero-order valence-corrected chi connectivity index (χ0v) is 15.9. The Bertz CT molecular complexity index is 1080. The number of aromatic nitrogens is 1. The fourth-order valence-electron chi connectivity index (χ4n) is 5.40. The van der Waals surface area contributed by atoms with Gasteiger partial charge in [0, 0.05) is 25.7 Å². The maximum absolute atomic E-state index is 15.1. The van der Waals surface area contributed by atoms with E-state index in [-0.39, 0.29) is 23.0 Å². The Morgan fingerprint density at radius 1 is 1.21 bits per heavy atom. The molecule has 3 aliphatic rings. The van der Waals surface area contributed by atoms with Crippen molar-refractivity contribution < 1.29 is 23.8 Å². The highest BCUT2D eigenvalue weighted by Gasteiger charge is 2.43. The van der Waals surface area contributed by atoms with Crippen molar-refractivity contribution >= 4 is 22.6 Å². The molecule has 2 saturated carbocycles. The molecule has 1 saturated heterocycles. The summed E-state index contributed by atoms with van der Waals surface area (Å²) in [5.74, 6) is -1.13. The number of phenols is 1. The highest BCUT2D eigenvalue weighted by molar-refractivity contribution is 5.97. The normalized spacial score (nSPS) is 30.7. The molecule has 0 bridgehead atoms. The Labute approximate surface area is 165 Å². The Hall–Kier alpha value is -2.64. The molecule has 1 aromatic heterocycles. The number of fused-ring (bicyclic) bond motifs is 2. The highest BCUT2D eigenvalue weighted by Crippen LogP contribution is 2.48. The van der Waals surface area contributed by atoms with Crippen molar-refractivity contribution in [1.82, 2.24) is 4.57 Å². The molecule has 6 nitrogen and oxygen atoms in total. The molecule has 1 aromatic carbocycles. The number of halogens is 2. The minimum atomic E-state index is -1.47. The third-order valence-electron chi connectivity index (χ3n) is 6.79. The lowest BCUT2D eigenvalue weighted by molar-refractivity contribution is 0.0694. The number of carboxylic acid groups (broad SMARTS) is 1. The van der Waals surface area contributed by atoms with Gasteiger partial charge in [-0.25, -0.2) is 13.6 Å². The van der Waals surface area contributed by atoms with Gasteiger partial charge in [0.15, 0.2) is 11.6 Å². The number of aromatic hydroxyl groups is 1. The van der Waals surface area contributed by atoms with E-state index in [0.29, 0.717) is 30.8 Å². The first-order valence-electron chi connectivity index (χ1n) is 9.98. The van der Waals surface area contributed by atoms with Crippen LogP contribution in [0.25, 0.3) is 10.9 Å². The Morgan fingerprint density at radius 3 is 2.38 bits per heavy atom. The average Bonchev–Trinajstić information content (AvgIpc) is 3.08.